The Morgan fingerprint density at radius 2 is 1.73 bits per heavy atom. The largest absolute Gasteiger partial charge is 0.502 e. The van der Waals surface area contributed by atoms with Crippen LogP contribution in [-0.4, -0.2) is 24.3 Å². The van der Waals surface area contributed by atoms with Crippen LogP contribution in [0.4, 0.5) is 0 Å². The Balaban J connectivity index is 1.86. The molecule has 0 radical (unpaired) electrons. The lowest BCUT2D eigenvalue weighted by molar-refractivity contribution is -0.130. The molecule has 154 valence electrons. The Labute approximate surface area is 183 Å². The zero-order valence-electron chi connectivity index (χ0n) is 15.9. The van der Waals surface area contributed by atoms with Crippen molar-refractivity contribution in [2.45, 2.75) is 24.4 Å². The number of benzene rings is 2. The minimum Gasteiger partial charge on any atom is -0.502 e. The van der Waals surface area contributed by atoms with Crippen LogP contribution in [0, 0.1) is 6.92 Å². The van der Waals surface area contributed by atoms with E-state index in [-0.39, 0.29) is 16.3 Å². The van der Waals surface area contributed by atoms with E-state index in [4.69, 9.17) is 11.6 Å². The first-order chi connectivity index (χ1) is 14.3. The number of hydrogen-bond donors (Lipinski definition) is 1. The lowest BCUT2D eigenvalue weighted by Crippen LogP contribution is -2.30. The molecule has 30 heavy (non-hydrogen) atoms. The summed E-state index contributed by atoms with van der Waals surface area (Å²) in [4.78, 5) is 14.9. The molecule has 5 nitrogen and oxygen atoms in total. The number of aliphatic hydroxyl groups is 1. The van der Waals surface area contributed by atoms with E-state index in [0.717, 1.165) is 10.4 Å². The summed E-state index contributed by atoms with van der Waals surface area (Å²) >= 11 is 7.46. The topological polar surface area (TPSA) is 74.7 Å². The van der Waals surface area contributed by atoms with Crippen molar-refractivity contribution in [3.05, 3.63) is 97.7 Å². The molecule has 1 N–H and O–H groups in total. The number of sulfone groups is 1. The molecule has 0 fully saturated rings. The summed E-state index contributed by atoms with van der Waals surface area (Å²) in [6, 6.07) is 15.7. The maximum Gasteiger partial charge on any atom is 0.290 e. The number of nitrogens with zero attached hydrogens (tertiary/aromatic N) is 1. The molecule has 0 saturated carbocycles. The molecule has 0 bridgehead atoms. The summed E-state index contributed by atoms with van der Waals surface area (Å²) < 4.78 is 27.0. The second-order valence-electron chi connectivity index (χ2n) is 7.00. The first-order valence-corrected chi connectivity index (χ1v) is 11.9. The number of aliphatic hydroxyl groups excluding tert-OH is 1. The van der Waals surface area contributed by atoms with Crippen LogP contribution in [0.3, 0.4) is 0 Å². The van der Waals surface area contributed by atoms with E-state index in [1.165, 1.54) is 28.4 Å². The van der Waals surface area contributed by atoms with Crippen molar-refractivity contribution in [3.8, 4) is 0 Å². The number of amides is 1. The minimum atomic E-state index is -4.12. The summed E-state index contributed by atoms with van der Waals surface area (Å²) in [6.07, 6.45) is 0. The molecule has 1 aliphatic heterocycles. The quantitative estimate of drug-likeness (QED) is 0.580. The van der Waals surface area contributed by atoms with Crippen LogP contribution in [0.25, 0.3) is 0 Å². The summed E-state index contributed by atoms with van der Waals surface area (Å²) in [6.45, 7) is 2.03. The van der Waals surface area contributed by atoms with Gasteiger partial charge in [0.2, 0.25) is 9.84 Å². The molecule has 1 amide bonds. The fourth-order valence-corrected chi connectivity index (χ4v) is 5.93. The molecular weight excluding hydrogens is 442 g/mol. The van der Waals surface area contributed by atoms with E-state index in [1.807, 2.05) is 24.4 Å². The van der Waals surface area contributed by atoms with Gasteiger partial charge in [0, 0.05) is 9.90 Å². The van der Waals surface area contributed by atoms with Gasteiger partial charge in [-0.3, -0.25) is 4.79 Å². The Bertz CT molecular complexity index is 1220. The molecule has 0 saturated heterocycles. The van der Waals surface area contributed by atoms with Crippen LogP contribution in [0.2, 0.25) is 5.02 Å². The molecule has 0 unspecified atom stereocenters. The summed E-state index contributed by atoms with van der Waals surface area (Å²) in [5.74, 6) is -1.46. The van der Waals surface area contributed by atoms with E-state index >= 15 is 0 Å². The van der Waals surface area contributed by atoms with E-state index in [0.29, 0.717) is 10.6 Å². The first-order valence-electron chi connectivity index (χ1n) is 9.13. The smallest absolute Gasteiger partial charge is 0.290 e. The number of aryl methyl sites for hydroxylation is 1. The van der Waals surface area contributed by atoms with Crippen molar-refractivity contribution in [1.29, 1.82) is 0 Å². The molecule has 3 aromatic rings. The van der Waals surface area contributed by atoms with E-state index in [9.17, 15) is 18.3 Å². The van der Waals surface area contributed by atoms with Crippen LogP contribution >= 0.6 is 22.9 Å². The van der Waals surface area contributed by atoms with Crippen molar-refractivity contribution in [3.63, 3.8) is 0 Å². The first kappa shape index (κ1) is 20.7. The van der Waals surface area contributed by atoms with Crippen LogP contribution in [0.5, 0.6) is 0 Å². The fraction of sp³-hybridized carbons (Fsp3) is 0.136. The van der Waals surface area contributed by atoms with Crippen LogP contribution in [0.15, 0.2) is 81.6 Å². The Morgan fingerprint density at radius 3 is 2.33 bits per heavy atom. The number of rotatable bonds is 5. The predicted octanol–water partition coefficient (Wildman–Crippen LogP) is 5.04. The lowest BCUT2D eigenvalue weighted by Gasteiger charge is -2.26. The van der Waals surface area contributed by atoms with Gasteiger partial charge in [-0.2, -0.15) is 0 Å². The molecule has 8 heteroatoms. The average molecular weight is 460 g/mol. The second-order valence-corrected chi connectivity index (χ2v) is 10.4. The van der Waals surface area contributed by atoms with Gasteiger partial charge in [-0.1, -0.05) is 47.5 Å². The minimum absolute atomic E-state index is 0.0272. The monoisotopic (exact) mass is 459 g/mol. The SMILES string of the molecule is Cc1ccc(S(=O)(=O)C2=C(O)C(=O)N(Cc3cccs3)[C@@H]2c2ccc(Cl)cc2)cc1. The highest BCUT2D eigenvalue weighted by Gasteiger charge is 2.46. The van der Waals surface area contributed by atoms with E-state index in [1.54, 1.807) is 36.4 Å². The zero-order chi connectivity index (χ0) is 21.5. The van der Waals surface area contributed by atoms with Crippen molar-refractivity contribution >= 4 is 38.7 Å². The number of thiophene rings is 1. The third-order valence-electron chi connectivity index (χ3n) is 4.97. The standard InChI is InChI=1S/C22H18ClNO4S2/c1-14-4-10-18(11-5-14)30(27,28)21-19(15-6-8-16(23)9-7-15)24(22(26)20(21)25)13-17-3-2-12-29-17/h2-12,19,25H,13H2,1H3/t19-/m1/s1. The van der Waals surface area contributed by atoms with Crippen LogP contribution < -0.4 is 0 Å². The second kappa shape index (κ2) is 7.91. The van der Waals surface area contributed by atoms with Crippen molar-refractivity contribution in [1.82, 2.24) is 4.90 Å². The van der Waals surface area contributed by atoms with Gasteiger partial charge in [-0.15, -0.1) is 11.3 Å². The highest BCUT2D eigenvalue weighted by atomic mass is 35.5. The third kappa shape index (κ3) is 3.64. The van der Waals surface area contributed by atoms with Crippen molar-refractivity contribution in [2.24, 2.45) is 0 Å². The Hall–Kier alpha value is -2.61. The van der Waals surface area contributed by atoms with Gasteiger partial charge in [0.15, 0.2) is 5.76 Å². The van der Waals surface area contributed by atoms with Crippen molar-refractivity contribution in [2.75, 3.05) is 0 Å². The highest BCUT2D eigenvalue weighted by Crippen LogP contribution is 2.43. The third-order valence-corrected chi connectivity index (χ3v) is 7.97. The summed E-state index contributed by atoms with van der Waals surface area (Å²) in [7, 11) is -4.12. The molecular formula is C22H18ClNO4S2. The Kier molecular flexibility index (Phi) is 5.44. The van der Waals surface area contributed by atoms with Gasteiger partial charge in [0.05, 0.1) is 17.5 Å². The van der Waals surface area contributed by atoms with Gasteiger partial charge < -0.3 is 10.0 Å². The van der Waals surface area contributed by atoms with E-state index in [2.05, 4.69) is 0 Å². The fourth-order valence-electron chi connectivity index (χ4n) is 3.46. The van der Waals surface area contributed by atoms with Gasteiger partial charge in [-0.25, -0.2) is 8.42 Å². The van der Waals surface area contributed by atoms with Crippen LogP contribution in [-0.2, 0) is 21.2 Å². The summed E-state index contributed by atoms with van der Waals surface area (Å²) in [5, 5.41) is 13.1. The number of hydrogen-bond acceptors (Lipinski definition) is 5. The maximum atomic E-state index is 13.5. The Morgan fingerprint density at radius 1 is 1.07 bits per heavy atom. The molecule has 0 aliphatic carbocycles. The van der Waals surface area contributed by atoms with E-state index < -0.39 is 27.5 Å². The number of halogens is 1. The van der Waals surface area contributed by atoms with Gasteiger partial charge in [0.25, 0.3) is 5.91 Å². The average Bonchev–Trinajstić information content (AvgIpc) is 3.31. The molecule has 0 spiro atoms. The molecule has 1 aliphatic rings. The molecule has 2 heterocycles. The van der Waals surface area contributed by atoms with Gasteiger partial charge in [0.1, 0.15) is 4.91 Å². The zero-order valence-corrected chi connectivity index (χ0v) is 18.3. The van der Waals surface area contributed by atoms with Crippen molar-refractivity contribution < 1.29 is 18.3 Å². The number of carbonyl (C=O) groups is 1. The normalized spacial score (nSPS) is 17.1. The van der Waals surface area contributed by atoms with Gasteiger partial charge >= 0.3 is 0 Å². The lowest BCUT2D eigenvalue weighted by atomic mass is 10.1. The maximum absolute atomic E-state index is 13.5. The molecule has 2 aromatic carbocycles. The number of carbonyl (C=O) groups excluding carboxylic acids is 1. The molecule has 1 aromatic heterocycles. The summed E-state index contributed by atoms with van der Waals surface area (Å²) in [5.41, 5.74) is 1.46. The van der Waals surface area contributed by atoms with Gasteiger partial charge in [-0.05, 0) is 48.2 Å². The molecule has 4 rings (SSSR count). The highest BCUT2D eigenvalue weighted by molar-refractivity contribution is 7.95. The molecule has 1 atom stereocenters. The van der Waals surface area contributed by atoms with Crippen LogP contribution in [0.1, 0.15) is 22.0 Å². The predicted molar refractivity (Wildman–Crippen MR) is 117 cm³/mol.